The zero-order chi connectivity index (χ0) is 17.9. The van der Waals surface area contributed by atoms with Gasteiger partial charge in [-0.15, -0.1) is 10.2 Å². The molecule has 1 aromatic heterocycles. The van der Waals surface area contributed by atoms with Gasteiger partial charge in [-0.3, -0.25) is 4.79 Å². The Kier molecular flexibility index (Phi) is 5.10. The standard InChI is InChI=1S/C17H21FN4O3/c18-14-3-1-2-13(8-14)9-17(16(24)25)10-21(5-4-15(17)23)6-7-22-11-19-20-12-22/h1-3,8,11-12,15,23H,4-7,9-10H2,(H,24,25)/t15-,17-/m1/s1. The quantitative estimate of drug-likeness (QED) is 0.802. The average molecular weight is 348 g/mol. The smallest absolute Gasteiger partial charge is 0.313 e. The topological polar surface area (TPSA) is 91.5 Å². The summed E-state index contributed by atoms with van der Waals surface area (Å²) in [5, 5.41) is 27.8. The number of likely N-dealkylation sites (tertiary alicyclic amines) is 1. The summed E-state index contributed by atoms with van der Waals surface area (Å²) in [6.07, 6.45) is 2.69. The molecule has 2 heterocycles. The van der Waals surface area contributed by atoms with E-state index < -0.39 is 23.3 Å². The minimum Gasteiger partial charge on any atom is -0.481 e. The van der Waals surface area contributed by atoms with E-state index >= 15 is 0 Å². The summed E-state index contributed by atoms with van der Waals surface area (Å²) in [5.41, 5.74) is -0.777. The Morgan fingerprint density at radius 3 is 2.76 bits per heavy atom. The number of carbonyl (C=O) groups is 1. The van der Waals surface area contributed by atoms with E-state index in [0.29, 0.717) is 31.6 Å². The molecule has 0 unspecified atom stereocenters. The van der Waals surface area contributed by atoms with Gasteiger partial charge in [-0.05, 0) is 30.5 Å². The van der Waals surface area contributed by atoms with Crippen molar-refractivity contribution in [2.45, 2.75) is 25.5 Å². The van der Waals surface area contributed by atoms with Gasteiger partial charge in [-0.1, -0.05) is 12.1 Å². The Balaban J connectivity index is 1.76. The van der Waals surface area contributed by atoms with Gasteiger partial charge in [0.2, 0.25) is 0 Å². The summed E-state index contributed by atoms with van der Waals surface area (Å²) in [4.78, 5) is 14.1. The molecule has 2 N–H and O–H groups in total. The van der Waals surface area contributed by atoms with Gasteiger partial charge in [0.05, 0.1) is 6.10 Å². The first kappa shape index (κ1) is 17.5. The van der Waals surface area contributed by atoms with E-state index in [0.717, 1.165) is 0 Å². The number of aliphatic hydroxyl groups is 1. The second-order valence-electron chi connectivity index (χ2n) is 6.55. The number of hydrogen-bond acceptors (Lipinski definition) is 5. The molecule has 1 aliphatic heterocycles. The molecule has 1 saturated heterocycles. The number of rotatable bonds is 6. The Bertz CT molecular complexity index is 724. The van der Waals surface area contributed by atoms with E-state index in [9.17, 15) is 19.4 Å². The number of halogens is 1. The summed E-state index contributed by atoms with van der Waals surface area (Å²) in [7, 11) is 0. The zero-order valence-electron chi connectivity index (χ0n) is 13.8. The average Bonchev–Trinajstić information content (AvgIpc) is 3.09. The second kappa shape index (κ2) is 7.28. The maximum atomic E-state index is 13.5. The van der Waals surface area contributed by atoms with E-state index in [4.69, 9.17) is 0 Å². The van der Waals surface area contributed by atoms with E-state index in [2.05, 4.69) is 10.2 Å². The number of aliphatic carboxylic acids is 1. The molecule has 1 aliphatic rings. The van der Waals surface area contributed by atoms with Gasteiger partial charge in [-0.25, -0.2) is 4.39 Å². The lowest BCUT2D eigenvalue weighted by Crippen LogP contribution is -2.57. The molecule has 134 valence electrons. The Labute approximate surface area is 144 Å². The molecular formula is C17H21FN4O3. The highest BCUT2D eigenvalue weighted by atomic mass is 19.1. The predicted molar refractivity (Wildman–Crippen MR) is 87.3 cm³/mol. The first-order valence-corrected chi connectivity index (χ1v) is 8.20. The number of carboxylic acid groups (broad SMARTS) is 1. The minimum atomic E-state index is -1.35. The van der Waals surface area contributed by atoms with Crippen LogP contribution in [0, 0.1) is 11.2 Å². The highest BCUT2D eigenvalue weighted by molar-refractivity contribution is 5.76. The molecule has 3 rings (SSSR count). The Hall–Kier alpha value is -2.32. The van der Waals surface area contributed by atoms with Crippen molar-refractivity contribution in [3.63, 3.8) is 0 Å². The molecule has 0 bridgehead atoms. The summed E-state index contributed by atoms with van der Waals surface area (Å²) in [5.74, 6) is -1.47. The van der Waals surface area contributed by atoms with Crippen molar-refractivity contribution in [1.29, 1.82) is 0 Å². The molecule has 8 heteroatoms. The van der Waals surface area contributed by atoms with Gasteiger partial charge >= 0.3 is 5.97 Å². The fourth-order valence-corrected chi connectivity index (χ4v) is 3.42. The van der Waals surface area contributed by atoms with Crippen molar-refractivity contribution in [1.82, 2.24) is 19.7 Å². The van der Waals surface area contributed by atoms with Crippen molar-refractivity contribution >= 4 is 5.97 Å². The highest BCUT2D eigenvalue weighted by Gasteiger charge is 2.49. The van der Waals surface area contributed by atoms with Crippen LogP contribution in [0.5, 0.6) is 0 Å². The number of aromatic nitrogens is 3. The van der Waals surface area contributed by atoms with Crippen LogP contribution >= 0.6 is 0 Å². The minimum absolute atomic E-state index is 0.0877. The number of aliphatic hydroxyl groups excluding tert-OH is 1. The molecule has 0 amide bonds. The largest absolute Gasteiger partial charge is 0.481 e. The first-order valence-electron chi connectivity index (χ1n) is 8.20. The second-order valence-corrected chi connectivity index (χ2v) is 6.55. The van der Waals surface area contributed by atoms with Gasteiger partial charge in [0, 0.05) is 26.2 Å². The third-order valence-corrected chi connectivity index (χ3v) is 4.84. The third kappa shape index (κ3) is 3.85. The van der Waals surface area contributed by atoms with E-state index in [1.54, 1.807) is 24.8 Å². The molecule has 1 fully saturated rings. The van der Waals surface area contributed by atoms with E-state index in [1.807, 2.05) is 9.47 Å². The lowest BCUT2D eigenvalue weighted by molar-refractivity contribution is -0.163. The SMILES string of the molecule is O=C(O)[C@]1(Cc2cccc(F)c2)CN(CCn2cnnc2)CC[C@H]1O. The fourth-order valence-electron chi connectivity index (χ4n) is 3.42. The summed E-state index contributed by atoms with van der Waals surface area (Å²) < 4.78 is 15.3. The van der Waals surface area contributed by atoms with Gasteiger partial charge in [0.25, 0.3) is 0 Å². The van der Waals surface area contributed by atoms with E-state index in [1.165, 1.54) is 12.1 Å². The molecule has 2 atom stereocenters. The van der Waals surface area contributed by atoms with Gasteiger partial charge in [-0.2, -0.15) is 0 Å². The maximum absolute atomic E-state index is 13.5. The van der Waals surface area contributed by atoms with Gasteiger partial charge < -0.3 is 19.7 Å². The summed E-state index contributed by atoms with van der Waals surface area (Å²) in [6, 6.07) is 5.89. The normalized spacial score (nSPS) is 24.3. The molecular weight excluding hydrogens is 327 g/mol. The molecule has 0 saturated carbocycles. The Morgan fingerprint density at radius 1 is 1.32 bits per heavy atom. The predicted octanol–water partition coefficient (Wildman–Crippen LogP) is 0.797. The van der Waals surface area contributed by atoms with Crippen LogP contribution in [0.4, 0.5) is 4.39 Å². The van der Waals surface area contributed by atoms with Crippen LogP contribution < -0.4 is 0 Å². The molecule has 0 radical (unpaired) electrons. The first-order chi connectivity index (χ1) is 12.0. The van der Waals surface area contributed by atoms with Gasteiger partial charge in [0.1, 0.15) is 23.9 Å². The maximum Gasteiger partial charge on any atom is 0.313 e. The Morgan fingerprint density at radius 2 is 2.08 bits per heavy atom. The molecule has 7 nitrogen and oxygen atoms in total. The molecule has 0 aliphatic carbocycles. The number of piperidine rings is 1. The molecule has 25 heavy (non-hydrogen) atoms. The van der Waals surface area contributed by atoms with Crippen LogP contribution in [0.25, 0.3) is 0 Å². The van der Waals surface area contributed by atoms with Crippen LogP contribution in [0.3, 0.4) is 0 Å². The molecule has 2 aromatic rings. The van der Waals surface area contributed by atoms with Crippen molar-refractivity contribution in [3.05, 3.63) is 48.3 Å². The summed E-state index contributed by atoms with van der Waals surface area (Å²) in [6.45, 7) is 2.09. The van der Waals surface area contributed by atoms with Crippen LogP contribution in [-0.4, -0.2) is 61.6 Å². The highest BCUT2D eigenvalue weighted by Crippen LogP contribution is 2.34. The molecule has 1 aromatic carbocycles. The lowest BCUT2D eigenvalue weighted by atomic mass is 9.73. The zero-order valence-corrected chi connectivity index (χ0v) is 13.8. The van der Waals surface area contributed by atoms with Crippen LogP contribution in [0.1, 0.15) is 12.0 Å². The number of hydrogen-bond donors (Lipinski definition) is 2. The van der Waals surface area contributed by atoms with Gasteiger partial charge in [0.15, 0.2) is 0 Å². The van der Waals surface area contributed by atoms with Crippen molar-refractivity contribution in [3.8, 4) is 0 Å². The van der Waals surface area contributed by atoms with Crippen molar-refractivity contribution in [2.75, 3.05) is 19.6 Å². The fraction of sp³-hybridized carbons (Fsp3) is 0.471. The van der Waals surface area contributed by atoms with E-state index in [-0.39, 0.29) is 13.0 Å². The lowest BCUT2D eigenvalue weighted by Gasteiger charge is -2.43. The summed E-state index contributed by atoms with van der Waals surface area (Å²) >= 11 is 0. The van der Waals surface area contributed by atoms with Crippen LogP contribution in [0.2, 0.25) is 0 Å². The number of nitrogens with zero attached hydrogens (tertiary/aromatic N) is 4. The number of carboxylic acids is 1. The number of benzene rings is 1. The van der Waals surface area contributed by atoms with Crippen LogP contribution in [0.15, 0.2) is 36.9 Å². The van der Waals surface area contributed by atoms with Crippen molar-refractivity contribution in [2.24, 2.45) is 5.41 Å². The third-order valence-electron chi connectivity index (χ3n) is 4.84. The van der Waals surface area contributed by atoms with Crippen molar-refractivity contribution < 1.29 is 19.4 Å². The monoisotopic (exact) mass is 348 g/mol. The van der Waals surface area contributed by atoms with Crippen LogP contribution in [-0.2, 0) is 17.8 Å². The molecule has 0 spiro atoms.